The lowest BCUT2D eigenvalue weighted by Crippen LogP contribution is -2.11. The second kappa shape index (κ2) is 14.9. The molecule has 33 heavy (non-hydrogen) atoms. The summed E-state index contributed by atoms with van der Waals surface area (Å²) in [6, 6.07) is 12.2. The van der Waals surface area contributed by atoms with Gasteiger partial charge < -0.3 is 5.32 Å². The molecule has 0 heterocycles. The molecular formula is C29H41N3O. The number of carbonyl (C=O) groups excluding carboxylic acids is 1. The van der Waals surface area contributed by atoms with Crippen molar-refractivity contribution in [2.45, 2.75) is 81.1 Å². The molecule has 1 N–H and O–H groups in total. The van der Waals surface area contributed by atoms with Gasteiger partial charge in [-0.2, -0.15) is 0 Å². The predicted molar refractivity (Wildman–Crippen MR) is 145 cm³/mol. The normalized spacial score (nSPS) is 11.9. The summed E-state index contributed by atoms with van der Waals surface area (Å²) in [5, 5.41) is 2.96. The Balaban J connectivity index is 0.000000502. The SMILES string of the molecule is CC=N/C=C(\C)C(C)=Nc1cc(NC(=O)CCCCC)ccc1C.Cc1cccc(C)c1C. The quantitative estimate of drug-likeness (QED) is 0.322. The summed E-state index contributed by atoms with van der Waals surface area (Å²) in [6.07, 6.45) is 7.24. The van der Waals surface area contributed by atoms with Crippen LogP contribution in [0.15, 0.2) is 58.2 Å². The molecule has 0 saturated carbocycles. The zero-order valence-electron chi connectivity index (χ0n) is 21.7. The summed E-state index contributed by atoms with van der Waals surface area (Å²) in [4.78, 5) is 20.8. The first-order valence-electron chi connectivity index (χ1n) is 11.8. The summed E-state index contributed by atoms with van der Waals surface area (Å²) in [5.41, 5.74) is 8.85. The zero-order chi connectivity index (χ0) is 24.8. The largest absolute Gasteiger partial charge is 0.326 e. The van der Waals surface area contributed by atoms with Crippen molar-refractivity contribution in [2.75, 3.05) is 5.32 Å². The maximum absolute atomic E-state index is 12.0. The van der Waals surface area contributed by atoms with Crippen LogP contribution in [0.2, 0.25) is 0 Å². The fourth-order valence-electron chi connectivity index (χ4n) is 3.01. The van der Waals surface area contributed by atoms with Gasteiger partial charge >= 0.3 is 0 Å². The second-order valence-corrected chi connectivity index (χ2v) is 8.44. The molecule has 0 fully saturated rings. The lowest BCUT2D eigenvalue weighted by atomic mass is 10.1. The number of rotatable bonds is 8. The average molecular weight is 448 g/mol. The number of carbonyl (C=O) groups is 1. The molecule has 2 aromatic rings. The van der Waals surface area contributed by atoms with Crippen molar-refractivity contribution in [3.05, 3.63) is 70.4 Å². The molecular weight excluding hydrogens is 406 g/mol. The van der Waals surface area contributed by atoms with E-state index in [4.69, 9.17) is 0 Å². The van der Waals surface area contributed by atoms with Gasteiger partial charge in [0.2, 0.25) is 5.91 Å². The van der Waals surface area contributed by atoms with Gasteiger partial charge in [-0.05, 0) is 94.8 Å². The van der Waals surface area contributed by atoms with E-state index in [-0.39, 0.29) is 5.91 Å². The summed E-state index contributed by atoms with van der Waals surface area (Å²) in [5.74, 6) is 0.0623. The van der Waals surface area contributed by atoms with Crippen LogP contribution in [0.3, 0.4) is 0 Å². The molecule has 4 heteroatoms. The molecule has 0 aromatic heterocycles. The van der Waals surface area contributed by atoms with Crippen LogP contribution in [-0.2, 0) is 4.79 Å². The van der Waals surface area contributed by atoms with Gasteiger partial charge in [0.15, 0.2) is 0 Å². The van der Waals surface area contributed by atoms with Crippen LogP contribution < -0.4 is 5.32 Å². The molecule has 2 aromatic carbocycles. The maximum Gasteiger partial charge on any atom is 0.224 e. The van der Waals surface area contributed by atoms with E-state index < -0.39 is 0 Å². The van der Waals surface area contributed by atoms with E-state index in [1.807, 2.05) is 45.9 Å². The van der Waals surface area contributed by atoms with E-state index in [1.165, 1.54) is 16.7 Å². The van der Waals surface area contributed by atoms with Crippen molar-refractivity contribution in [2.24, 2.45) is 9.98 Å². The molecule has 0 aliphatic carbocycles. The smallest absolute Gasteiger partial charge is 0.224 e. The van der Waals surface area contributed by atoms with Gasteiger partial charge in [0, 0.05) is 30.2 Å². The number of amides is 1. The van der Waals surface area contributed by atoms with Crippen molar-refractivity contribution in [1.82, 2.24) is 0 Å². The highest BCUT2D eigenvalue weighted by Crippen LogP contribution is 2.24. The molecule has 0 saturated heterocycles. The van der Waals surface area contributed by atoms with E-state index in [0.717, 1.165) is 47.5 Å². The van der Waals surface area contributed by atoms with Crippen LogP contribution in [0.4, 0.5) is 11.4 Å². The number of aliphatic imine (C=N–C) groups is 2. The minimum Gasteiger partial charge on any atom is -0.326 e. The minimum absolute atomic E-state index is 0.0623. The zero-order valence-corrected chi connectivity index (χ0v) is 21.7. The molecule has 0 aliphatic heterocycles. The highest BCUT2D eigenvalue weighted by Gasteiger charge is 2.05. The fourth-order valence-corrected chi connectivity index (χ4v) is 3.01. The average Bonchev–Trinajstić information content (AvgIpc) is 2.78. The highest BCUT2D eigenvalue weighted by molar-refractivity contribution is 5.99. The van der Waals surface area contributed by atoms with Gasteiger partial charge in [0.1, 0.15) is 0 Å². The van der Waals surface area contributed by atoms with E-state index in [0.29, 0.717) is 6.42 Å². The minimum atomic E-state index is 0.0623. The molecule has 1 amide bonds. The third-order valence-electron chi connectivity index (χ3n) is 5.65. The predicted octanol–water partition coefficient (Wildman–Crippen LogP) is 8.21. The summed E-state index contributed by atoms with van der Waals surface area (Å²) in [6.45, 7) is 16.4. The standard InChI is InChI=1S/C20H29N3O.C9H12/c1-6-8-9-10-20(24)23-18-12-11-15(3)19(13-18)22-17(5)16(4)14-21-7-2;1-7-5-4-6-8(2)9(7)3/h7,11-14H,6,8-10H2,1-5H3,(H,23,24);4-6H,1-3H3/b16-14+,21-7?,22-17?;. The van der Waals surface area contributed by atoms with Crippen molar-refractivity contribution >= 4 is 29.2 Å². The number of unbranched alkanes of at least 4 members (excludes halogenated alkanes) is 2. The van der Waals surface area contributed by atoms with Gasteiger partial charge in [-0.1, -0.05) is 44.0 Å². The van der Waals surface area contributed by atoms with E-state index >= 15 is 0 Å². The first kappa shape index (κ1) is 28.0. The molecule has 2 rings (SSSR count). The molecule has 0 atom stereocenters. The number of allylic oxidation sites excluding steroid dienone is 1. The second-order valence-electron chi connectivity index (χ2n) is 8.44. The molecule has 0 aliphatic rings. The van der Waals surface area contributed by atoms with Crippen LogP contribution in [0, 0.1) is 27.7 Å². The fraction of sp³-hybridized carbons (Fsp3) is 0.414. The lowest BCUT2D eigenvalue weighted by Gasteiger charge is -2.09. The lowest BCUT2D eigenvalue weighted by molar-refractivity contribution is -0.116. The number of aryl methyl sites for hydroxylation is 3. The first-order chi connectivity index (χ1) is 15.7. The molecule has 0 bridgehead atoms. The Labute approximate surface area is 201 Å². The van der Waals surface area contributed by atoms with Crippen LogP contribution in [0.25, 0.3) is 0 Å². The van der Waals surface area contributed by atoms with Crippen molar-refractivity contribution in [3.63, 3.8) is 0 Å². The molecule has 4 nitrogen and oxygen atoms in total. The van der Waals surface area contributed by atoms with E-state index in [2.05, 4.69) is 61.2 Å². The maximum atomic E-state index is 12.0. The molecule has 178 valence electrons. The van der Waals surface area contributed by atoms with Crippen LogP contribution in [0.1, 0.15) is 75.6 Å². The first-order valence-corrected chi connectivity index (χ1v) is 11.8. The van der Waals surface area contributed by atoms with Crippen molar-refractivity contribution < 1.29 is 4.79 Å². The number of hydrogen-bond acceptors (Lipinski definition) is 3. The van der Waals surface area contributed by atoms with Gasteiger partial charge in [-0.15, -0.1) is 0 Å². The van der Waals surface area contributed by atoms with Crippen LogP contribution in [0.5, 0.6) is 0 Å². The van der Waals surface area contributed by atoms with Crippen molar-refractivity contribution in [1.29, 1.82) is 0 Å². The molecule has 0 spiro atoms. The third kappa shape index (κ3) is 10.4. The Morgan fingerprint density at radius 3 is 2.21 bits per heavy atom. The summed E-state index contributed by atoms with van der Waals surface area (Å²) >= 11 is 0. The molecule has 0 unspecified atom stereocenters. The monoisotopic (exact) mass is 447 g/mol. The Kier molecular flexibility index (Phi) is 12.7. The van der Waals surface area contributed by atoms with Gasteiger partial charge in [-0.3, -0.25) is 14.8 Å². The number of benzene rings is 2. The molecule has 0 radical (unpaired) electrons. The number of nitrogens with zero attached hydrogens (tertiary/aromatic N) is 2. The van der Waals surface area contributed by atoms with Crippen LogP contribution >= 0.6 is 0 Å². The number of anilines is 1. The Morgan fingerprint density at radius 2 is 1.64 bits per heavy atom. The topological polar surface area (TPSA) is 53.8 Å². The van der Waals surface area contributed by atoms with E-state index in [1.54, 1.807) is 12.4 Å². The Bertz CT molecular complexity index is 980. The van der Waals surface area contributed by atoms with E-state index in [9.17, 15) is 4.79 Å². The van der Waals surface area contributed by atoms with Crippen LogP contribution in [-0.4, -0.2) is 17.8 Å². The van der Waals surface area contributed by atoms with Gasteiger partial charge in [0.05, 0.1) is 5.69 Å². The highest BCUT2D eigenvalue weighted by atomic mass is 16.1. The Morgan fingerprint density at radius 1 is 0.970 bits per heavy atom. The summed E-state index contributed by atoms with van der Waals surface area (Å²) < 4.78 is 0. The van der Waals surface area contributed by atoms with Crippen molar-refractivity contribution in [3.8, 4) is 0 Å². The number of hydrogen-bond donors (Lipinski definition) is 1. The van der Waals surface area contributed by atoms with Gasteiger partial charge in [0.25, 0.3) is 0 Å². The van der Waals surface area contributed by atoms with Gasteiger partial charge in [-0.25, -0.2) is 0 Å². The number of nitrogens with one attached hydrogen (secondary N) is 1. The third-order valence-corrected chi connectivity index (χ3v) is 5.65. The summed E-state index contributed by atoms with van der Waals surface area (Å²) in [7, 11) is 0. The Hall–Kier alpha value is -3.01.